The molecule has 0 aliphatic rings. The first-order chi connectivity index (χ1) is 8.95. The van der Waals surface area contributed by atoms with Gasteiger partial charge in [0.1, 0.15) is 5.82 Å². The standard InChI is InChI=1S/C14H15FN2OS/c1-8-6-9(2)17-14(16-8)19-13-5-4-11(15)7-12(13)10(3)18/h4-7,10,18H,1-3H3. The van der Waals surface area contributed by atoms with E-state index < -0.39 is 6.10 Å². The van der Waals surface area contributed by atoms with E-state index in [2.05, 4.69) is 9.97 Å². The van der Waals surface area contributed by atoms with Crippen molar-refractivity contribution < 1.29 is 9.50 Å². The molecule has 1 unspecified atom stereocenters. The van der Waals surface area contributed by atoms with Gasteiger partial charge in [-0.25, -0.2) is 14.4 Å². The Morgan fingerprint density at radius 3 is 2.37 bits per heavy atom. The van der Waals surface area contributed by atoms with E-state index in [1.807, 2.05) is 19.9 Å². The van der Waals surface area contributed by atoms with Gasteiger partial charge in [0.05, 0.1) is 6.10 Å². The molecule has 1 heterocycles. The first kappa shape index (κ1) is 14.0. The van der Waals surface area contributed by atoms with Crippen LogP contribution in [0.4, 0.5) is 4.39 Å². The van der Waals surface area contributed by atoms with Crippen LogP contribution in [0.1, 0.15) is 30.0 Å². The maximum absolute atomic E-state index is 13.2. The van der Waals surface area contributed by atoms with Crippen molar-refractivity contribution in [1.82, 2.24) is 9.97 Å². The fourth-order valence-corrected chi connectivity index (χ4v) is 2.84. The Hall–Kier alpha value is -1.46. The minimum Gasteiger partial charge on any atom is -0.389 e. The third kappa shape index (κ3) is 3.52. The molecular formula is C14H15FN2OS. The second-order valence-corrected chi connectivity index (χ2v) is 5.40. The van der Waals surface area contributed by atoms with Crippen LogP contribution in [0.15, 0.2) is 34.3 Å². The van der Waals surface area contributed by atoms with E-state index in [-0.39, 0.29) is 5.82 Å². The number of hydrogen-bond donors (Lipinski definition) is 1. The Morgan fingerprint density at radius 1 is 1.16 bits per heavy atom. The van der Waals surface area contributed by atoms with Crippen molar-refractivity contribution in [2.45, 2.75) is 36.9 Å². The first-order valence-electron chi connectivity index (χ1n) is 5.93. The molecule has 1 N–H and O–H groups in total. The molecule has 0 aliphatic heterocycles. The number of halogens is 1. The maximum atomic E-state index is 13.2. The number of aliphatic hydroxyl groups excluding tert-OH is 1. The lowest BCUT2D eigenvalue weighted by Crippen LogP contribution is -1.97. The Bertz CT molecular complexity index is 582. The summed E-state index contributed by atoms with van der Waals surface area (Å²) in [5.41, 5.74) is 2.32. The van der Waals surface area contributed by atoms with Gasteiger partial charge in [0.2, 0.25) is 0 Å². The molecule has 0 saturated heterocycles. The van der Waals surface area contributed by atoms with E-state index in [1.165, 1.54) is 23.9 Å². The van der Waals surface area contributed by atoms with Crippen molar-refractivity contribution in [3.05, 3.63) is 47.0 Å². The van der Waals surface area contributed by atoms with Crippen molar-refractivity contribution in [1.29, 1.82) is 0 Å². The van der Waals surface area contributed by atoms with Crippen molar-refractivity contribution in [2.75, 3.05) is 0 Å². The number of hydrogen-bond acceptors (Lipinski definition) is 4. The van der Waals surface area contributed by atoms with Crippen LogP contribution in [0.3, 0.4) is 0 Å². The zero-order valence-corrected chi connectivity index (χ0v) is 11.8. The van der Waals surface area contributed by atoms with Gasteiger partial charge in [-0.1, -0.05) is 0 Å². The molecule has 1 aromatic carbocycles. The van der Waals surface area contributed by atoms with Crippen LogP contribution in [-0.4, -0.2) is 15.1 Å². The maximum Gasteiger partial charge on any atom is 0.192 e. The van der Waals surface area contributed by atoms with Gasteiger partial charge in [-0.2, -0.15) is 0 Å². The third-order valence-electron chi connectivity index (χ3n) is 2.58. The molecule has 19 heavy (non-hydrogen) atoms. The number of nitrogens with zero attached hydrogens (tertiary/aromatic N) is 2. The summed E-state index contributed by atoms with van der Waals surface area (Å²) in [4.78, 5) is 9.42. The van der Waals surface area contributed by atoms with Crippen molar-refractivity contribution in [2.24, 2.45) is 0 Å². The van der Waals surface area contributed by atoms with Crippen LogP contribution < -0.4 is 0 Å². The Kier molecular flexibility index (Phi) is 4.17. The number of rotatable bonds is 3. The lowest BCUT2D eigenvalue weighted by Gasteiger charge is -2.11. The summed E-state index contributed by atoms with van der Waals surface area (Å²) >= 11 is 1.33. The predicted octanol–water partition coefficient (Wildman–Crippen LogP) is 3.44. The number of aryl methyl sites for hydroxylation is 2. The molecule has 5 heteroatoms. The SMILES string of the molecule is Cc1cc(C)nc(Sc2ccc(F)cc2C(C)O)n1. The van der Waals surface area contributed by atoms with E-state index in [9.17, 15) is 9.50 Å². The van der Waals surface area contributed by atoms with Crippen LogP contribution in [0.2, 0.25) is 0 Å². The van der Waals surface area contributed by atoms with Crippen LogP contribution in [0, 0.1) is 19.7 Å². The molecule has 0 aliphatic carbocycles. The molecule has 0 amide bonds. The van der Waals surface area contributed by atoms with Crippen LogP contribution in [0.5, 0.6) is 0 Å². The summed E-state index contributed by atoms with van der Waals surface area (Å²) < 4.78 is 13.2. The molecule has 0 saturated carbocycles. The molecule has 0 spiro atoms. The summed E-state index contributed by atoms with van der Waals surface area (Å²) in [5.74, 6) is -0.360. The Balaban J connectivity index is 2.37. The highest BCUT2D eigenvalue weighted by atomic mass is 32.2. The van der Waals surface area contributed by atoms with Gasteiger partial charge in [0, 0.05) is 16.3 Å². The van der Waals surface area contributed by atoms with Crippen molar-refractivity contribution in [3.63, 3.8) is 0 Å². The Morgan fingerprint density at radius 2 is 1.79 bits per heavy atom. The van der Waals surface area contributed by atoms with Gasteiger partial charge >= 0.3 is 0 Å². The summed E-state index contributed by atoms with van der Waals surface area (Å²) in [7, 11) is 0. The second-order valence-electron chi connectivity index (χ2n) is 4.39. The molecule has 100 valence electrons. The highest BCUT2D eigenvalue weighted by Gasteiger charge is 2.12. The number of benzene rings is 1. The summed E-state index contributed by atoms with van der Waals surface area (Å²) in [6, 6.07) is 6.25. The van der Waals surface area contributed by atoms with E-state index in [4.69, 9.17) is 0 Å². The molecule has 0 fully saturated rings. The highest BCUT2D eigenvalue weighted by molar-refractivity contribution is 7.99. The highest BCUT2D eigenvalue weighted by Crippen LogP contribution is 2.32. The average Bonchev–Trinajstić information content (AvgIpc) is 2.30. The lowest BCUT2D eigenvalue weighted by atomic mass is 10.1. The zero-order valence-electron chi connectivity index (χ0n) is 11.0. The molecule has 2 rings (SSSR count). The monoisotopic (exact) mass is 278 g/mol. The van der Waals surface area contributed by atoms with Crippen LogP contribution >= 0.6 is 11.8 Å². The van der Waals surface area contributed by atoms with Gasteiger partial charge in [-0.3, -0.25) is 0 Å². The van der Waals surface area contributed by atoms with E-state index in [0.717, 1.165) is 16.3 Å². The van der Waals surface area contributed by atoms with Gasteiger partial charge < -0.3 is 5.11 Å². The normalized spacial score (nSPS) is 12.5. The summed E-state index contributed by atoms with van der Waals surface area (Å²) in [6.45, 7) is 5.42. The Labute approximate surface area is 115 Å². The first-order valence-corrected chi connectivity index (χ1v) is 6.75. The average molecular weight is 278 g/mol. The fraction of sp³-hybridized carbons (Fsp3) is 0.286. The molecule has 2 aromatic rings. The van der Waals surface area contributed by atoms with E-state index in [0.29, 0.717) is 10.7 Å². The minimum absolute atomic E-state index is 0.360. The smallest absolute Gasteiger partial charge is 0.192 e. The summed E-state index contributed by atoms with van der Waals surface area (Å²) in [5, 5.41) is 10.3. The van der Waals surface area contributed by atoms with Crippen LogP contribution in [-0.2, 0) is 0 Å². The second kappa shape index (κ2) is 5.67. The third-order valence-corrected chi connectivity index (χ3v) is 3.54. The molecule has 3 nitrogen and oxygen atoms in total. The van der Waals surface area contributed by atoms with E-state index >= 15 is 0 Å². The van der Waals surface area contributed by atoms with Gasteiger partial charge in [0.15, 0.2) is 5.16 Å². The molecular weight excluding hydrogens is 263 g/mol. The van der Waals surface area contributed by atoms with Gasteiger partial charge in [0.25, 0.3) is 0 Å². The lowest BCUT2D eigenvalue weighted by molar-refractivity contribution is 0.196. The molecule has 0 radical (unpaired) electrons. The molecule has 1 aromatic heterocycles. The van der Waals surface area contributed by atoms with Gasteiger partial charge in [-0.05, 0) is 62.4 Å². The van der Waals surface area contributed by atoms with Crippen molar-refractivity contribution in [3.8, 4) is 0 Å². The largest absolute Gasteiger partial charge is 0.389 e. The molecule has 0 bridgehead atoms. The predicted molar refractivity (Wildman–Crippen MR) is 72.7 cm³/mol. The van der Waals surface area contributed by atoms with E-state index in [1.54, 1.807) is 13.0 Å². The topological polar surface area (TPSA) is 46.0 Å². The number of aliphatic hydroxyl groups is 1. The van der Waals surface area contributed by atoms with Crippen LogP contribution in [0.25, 0.3) is 0 Å². The van der Waals surface area contributed by atoms with Crippen molar-refractivity contribution >= 4 is 11.8 Å². The summed E-state index contributed by atoms with van der Waals surface area (Å²) in [6.07, 6.45) is -0.732. The number of aromatic nitrogens is 2. The zero-order chi connectivity index (χ0) is 14.0. The fourth-order valence-electron chi connectivity index (χ4n) is 1.78. The molecule has 1 atom stereocenters. The quantitative estimate of drug-likeness (QED) is 0.874. The minimum atomic E-state index is -0.732. The van der Waals surface area contributed by atoms with Gasteiger partial charge in [-0.15, -0.1) is 0 Å².